The van der Waals surface area contributed by atoms with E-state index in [1.165, 1.54) is 5.56 Å². The second kappa shape index (κ2) is 6.76. The molecule has 0 fully saturated rings. The van der Waals surface area contributed by atoms with E-state index in [4.69, 9.17) is 10.5 Å². The molecule has 1 heterocycles. The standard InChI is InChI=1S/C17H25N3O/c1-5-13(3)20-9-8-15(19-20)11-21-17-7-6-12(2)10-16(17)14(4)18/h6-10,13-14H,5,11,18H2,1-4H3/t13?,14-/m1/s1. The minimum Gasteiger partial charge on any atom is -0.487 e. The van der Waals surface area contributed by atoms with Gasteiger partial charge in [-0.3, -0.25) is 4.68 Å². The number of ether oxygens (including phenoxy) is 1. The Bertz CT molecular complexity index is 589. The summed E-state index contributed by atoms with van der Waals surface area (Å²) in [5, 5.41) is 4.55. The van der Waals surface area contributed by atoms with Crippen molar-refractivity contribution in [2.45, 2.75) is 52.8 Å². The van der Waals surface area contributed by atoms with Crippen molar-refractivity contribution in [3.8, 4) is 5.75 Å². The van der Waals surface area contributed by atoms with Crippen molar-refractivity contribution in [1.29, 1.82) is 0 Å². The SMILES string of the molecule is CCC(C)n1ccc(COc2ccc(C)cc2[C@@H](C)N)n1. The number of hydrogen-bond donors (Lipinski definition) is 1. The molecule has 0 aliphatic heterocycles. The van der Waals surface area contributed by atoms with E-state index in [9.17, 15) is 0 Å². The Hall–Kier alpha value is -1.81. The first-order valence-corrected chi connectivity index (χ1v) is 7.54. The highest BCUT2D eigenvalue weighted by molar-refractivity contribution is 5.38. The zero-order valence-electron chi connectivity index (χ0n) is 13.3. The molecule has 114 valence electrons. The van der Waals surface area contributed by atoms with Gasteiger partial charge in [0, 0.05) is 23.8 Å². The summed E-state index contributed by atoms with van der Waals surface area (Å²) in [6.07, 6.45) is 3.07. The van der Waals surface area contributed by atoms with Crippen LogP contribution in [0.2, 0.25) is 0 Å². The number of nitrogens with two attached hydrogens (primary N) is 1. The van der Waals surface area contributed by atoms with Gasteiger partial charge in [0.25, 0.3) is 0 Å². The molecule has 4 heteroatoms. The largest absolute Gasteiger partial charge is 0.487 e. The molecule has 0 aliphatic rings. The van der Waals surface area contributed by atoms with Crippen molar-refractivity contribution >= 4 is 0 Å². The van der Waals surface area contributed by atoms with Crippen molar-refractivity contribution < 1.29 is 4.74 Å². The van der Waals surface area contributed by atoms with Gasteiger partial charge in [-0.05, 0) is 39.3 Å². The fourth-order valence-corrected chi connectivity index (χ4v) is 2.19. The lowest BCUT2D eigenvalue weighted by molar-refractivity contribution is 0.293. The Morgan fingerprint density at radius 1 is 1.29 bits per heavy atom. The summed E-state index contributed by atoms with van der Waals surface area (Å²) in [5.74, 6) is 0.841. The molecule has 0 saturated heterocycles. The molecule has 1 aromatic heterocycles. The van der Waals surface area contributed by atoms with Crippen LogP contribution in [-0.2, 0) is 6.61 Å². The summed E-state index contributed by atoms with van der Waals surface area (Å²) < 4.78 is 7.90. The van der Waals surface area contributed by atoms with Gasteiger partial charge >= 0.3 is 0 Å². The highest BCUT2D eigenvalue weighted by atomic mass is 16.5. The summed E-state index contributed by atoms with van der Waals surface area (Å²) in [4.78, 5) is 0. The number of benzene rings is 1. The van der Waals surface area contributed by atoms with Gasteiger partial charge in [-0.2, -0.15) is 5.10 Å². The van der Waals surface area contributed by atoms with Gasteiger partial charge in [0.05, 0.1) is 5.69 Å². The first-order valence-electron chi connectivity index (χ1n) is 7.54. The molecular weight excluding hydrogens is 262 g/mol. The van der Waals surface area contributed by atoms with E-state index in [0.29, 0.717) is 12.6 Å². The maximum absolute atomic E-state index is 6.01. The highest BCUT2D eigenvalue weighted by Crippen LogP contribution is 2.25. The Morgan fingerprint density at radius 3 is 2.71 bits per heavy atom. The Morgan fingerprint density at radius 2 is 2.05 bits per heavy atom. The van der Waals surface area contributed by atoms with Gasteiger partial charge in [0.2, 0.25) is 0 Å². The van der Waals surface area contributed by atoms with Crippen LogP contribution >= 0.6 is 0 Å². The lowest BCUT2D eigenvalue weighted by Gasteiger charge is -2.14. The van der Waals surface area contributed by atoms with E-state index in [-0.39, 0.29) is 6.04 Å². The summed E-state index contributed by atoms with van der Waals surface area (Å²) in [7, 11) is 0. The smallest absolute Gasteiger partial charge is 0.132 e. The van der Waals surface area contributed by atoms with Gasteiger partial charge in [-0.15, -0.1) is 0 Å². The molecule has 0 bridgehead atoms. The summed E-state index contributed by atoms with van der Waals surface area (Å²) in [6.45, 7) is 8.81. The van der Waals surface area contributed by atoms with E-state index in [1.54, 1.807) is 0 Å². The van der Waals surface area contributed by atoms with Crippen molar-refractivity contribution in [1.82, 2.24) is 9.78 Å². The van der Waals surface area contributed by atoms with Gasteiger partial charge in [0.1, 0.15) is 12.4 Å². The number of hydrogen-bond acceptors (Lipinski definition) is 3. The van der Waals surface area contributed by atoms with E-state index < -0.39 is 0 Å². The highest BCUT2D eigenvalue weighted by Gasteiger charge is 2.10. The molecule has 1 unspecified atom stereocenters. The van der Waals surface area contributed by atoms with E-state index in [0.717, 1.165) is 23.4 Å². The molecule has 0 aliphatic carbocycles. The molecule has 4 nitrogen and oxygen atoms in total. The van der Waals surface area contributed by atoms with Crippen molar-refractivity contribution in [2.24, 2.45) is 5.73 Å². The molecule has 2 rings (SSSR count). The van der Waals surface area contributed by atoms with Crippen LogP contribution in [0.5, 0.6) is 5.75 Å². The predicted octanol–water partition coefficient (Wildman–Crippen LogP) is 3.76. The van der Waals surface area contributed by atoms with Crippen LogP contribution in [-0.4, -0.2) is 9.78 Å². The molecule has 0 radical (unpaired) electrons. The quantitative estimate of drug-likeness (QED) is 0.880. The molecule has 1 aromatic carbocycles. The van der Waals surface area contributed by atoms with Gasteiger partial charge in [-0.1, -0.05) is 24.6 Å². The van der Waals surface area contributed by atoms with Crippen LogP contribution in [0, 0.1) is 6.92 Å². The molecular formula is C17H25N3O. The zero-order chi connectivity index (χ0) is 15.4. The Kier molecular flexibility index (Phi) is 5.02. The molecule has 2 aromatic rings. The second-order valence-electron chi connectivity index (χ2n) is 5.66. The minimum absolute atomic E-state index is 0.0439. The maximum atomic E-state index is 6.01. The third kappa shape index (κ3) is 3.85. The minimum atomic E-state index is -0.0439. The first kappa shape index (κ1) is 15.6. The molecule has 0 amide bonds. The third-order valence-electron chi connectivity index (χ3n) is 3.74. The van der Waals surface area contributed by atoms with Crippen LogP contribution in [0.15, 0.2) is 30.5 Å². The normalized spacial score (nSPS) is 14.0. The molecule has 21 heavy (non-hydrogen) atoms. The van der Waals surface area contributed by atoms with E-state index in [1.807, 2.05) is 36.0 Å². The summed E-state index contributed by atoms with van der Waals surface area (Å²) in [5.41, 5.74) is 9.18. The molecule has 2 atom stereocenters. The Balaban J connectivity index is 2.08. The van der Waals surface area contributed by atoms with Crippen LogP contribution in [0.1, 0.15) is 56.1 Å². The number of aryl methyl sites for hydroxylation is 1. The average molecular weight is 287 g/mol. The Labute approximate surface area is 126 Å². The van der Waals surface area contributed by atoms with Gasteiger partial charge in [0.15, 0.2) is 0 Å². The van der Waals surface area contributed by atoms with E-state index >= 15 is 0 Å². The van der Waals surface area contributed by atoms with Crippen LogP contribution in [0.3, 0.4) is 0 Å². The second-order valence-corrected chi connectivity index (χ2v) is 5.66. The lowest BCUT2D eigenvalue weighted by atomic mass is 10.1. The average Bonchev–Trinajstić information content (AvgIpc) is 2.93. The molecule has 0 spiro atoms. The molecule has 0 saturated carbocycles. The predicted molar refractivity (Wildman–Crippen MR) is 85.3 cm³/mol. The fraction of sp³-hybridized carbons (Fsp3) is 0.471. The van der Waals surface area contributed by atoms with Crippen molar-refractivity contribution in [3.63, 3.8) is 0 Å². The summed E-state index contributed by atoms with van der Waals surface area (Å²) in [6, 6.07) is 8.48. The number of rotatable bonds is 6. The first-order chi connectivity index (χ1) is 10.0. The zero-order valence-corrected chi connectivity index (χ0v) is 13.3. The van der Waals surface area contributed by atoms with Crippen LogP contribution in [0.25, 0.3) is 0 Å². The monoisotopic (exact) mass is 287 g/mol. The van der Waals surface area contributed by atoms with Crippen LogP contribution in [0.4, 0.5) is 0 Å². The molecule has 2 N–H and O–H groups in total. The third-order valence-corrected chi connectivity index (χ3v) is 3.74. The fourth-order valence-electron chi connectivity index (χ4n) is 2.19. The number of nitrogens with zero attached hydrogens (tertiary/aromatic N) is 2. The van der Waals surface area contributed by atoms with Gasteiger partial charge in [-0.25, -0.2) is 0 Å². The van der Waals surface area contributed by atoms with Gasteiger partial charge < -0.3 is 10.5 Å². The van der Waals surface area contributed by atoms with Crippen molar-refractivity contribution in [2.75, 3.05) is 0 Å². The lowest BCUT2D eigenvalue weighted by Crippen LogP contribution is -2.09. The van der Waals surface area contributed by atoms with Crippen molar-refractivity contribution in [3.05, 3.63) is 47.3 Å². The van der Waals surface area contributed by atoms with Crippen LogP contribution < -0.4 is 10.5 Å². The number of aromatic nitrogens is 2. The van der Waals surface area contributed by atoms with E-state index in [2.05, 4.69) is 31.9 Å². The topological polar surface area (TPSA) is 53.1 Å². The summed E-state index contributed by atoms with van der Waals surface area (Å²) >= 11 is 0. The maximum Gasteiger partial charge on any atom is 0.132 e.